The molecule has 1 aromatic rings. The summed E-state index contributed by atoms with van der Waals surface area (Å²) in [5, 5.41) is 2.79. The summed E-state index contributed by atoms with van der Waals surface area (Å²) < 4.78 is 10.7. The second kappa shape index (κ2) is 9.20. The van der Waals surface area contributed by atoms with E-state index in [0.29, 0.717) is 43.4 Å². The highest BCUT2D eigenvalue weighted by atomic mass is 16.5. The Morgan fingerprint density at radius 2 is 2.10 bits per heavy atom. The van der Waals surface area contributed by atoms with Crippen LogP contribution in [0.3, 0.4) is 0 Å². The normalized spacial score (nSPS) is 10.7. The largest absolute Gasteiger partial charge is 0.492 e. The number of benzene rings is 1. The van der Waals surface area contributed by atoms with Gasteiger partial charge in [-0.3, -0.25) is 4.79 Å². The van der Waals surface area contributed by atoms with Crippen molar-refractivity contribution in [3.05, 3.63) is 23.8 Å². The van der Waals surface area contributed by atoms with Gasteiger partial charge in [0.1, 0.15) is 5.75 Å². The summed E-state index contributed by atoms with van der Waals surface area (Å²) in [5.74, 6) is 0.432. The Bertz CT molecular complexity index is 450. The highest BCUT2D eigenvalue weighted by molar-refractivity contribution is 5.95. The van der Waals surface area contributed by atoms with E-state index in [4.69, 9.17) is 15.2 Å². The molecule has 0 spiro atoms. The molecule has 3 N–H and O–H groups in total. The zero-order chi connectivity index (χ0) is 15.7. The number of likely N-dealkylation sites (N-methyl/N-ethyl adjacent to an activating group) is 1. The lowest BCUT2D eigenvalue weighted by atomic mass is 10.2. The molecule has 0 bridgehead atoms. The summed E-state index contributed by atoms with van der Waals surface area (Å²) in [6, 6.07) is 5.03. The minimum atomic E-state index is -0.166. The molecule has 0 unspecified atom stereocenters. The van der Waals surface area contributed by atoms with Crippen LogP contribution in [-0.4, -0.2) is 57.8 Å². The molecule has 0 aromatic heterocycles. The third-order valence-corrected chi connectivity index (χ3v) is 2.79. The van der Waals surface area contributed by atoms with Gasteiger partial charge in [-0.2, -0.15) is 0 Å². The zero-order valence-electron chi connectivity index (χ0n) is 13.0. The predicted molar refractivity (Wildman–Crippen MR) is 83.7 cm³/mol. The summed E-state index contributed by atoms with van der Waals surface area (Å²) in [6.45, 7) is 4.91. The number of nitrogen functional groups attached to an aromatic ring is 1. The molecule has 0 fully saturated rings. The smallest absolute Gasteiger partial charge is 0.251 e. The Morgan fingerprint density at radius 1 is 1.33 bits per heavy atom. The Morgan fingerprint density at radius 3 is 2.71 bits per heavy atom. The molecule has 6 heteroatoms. The number of nitrogens with one attached hydrogen (secondary N) is 1. The number of hydrogen-bond donors (Lipinski definition) is 2. The highest BCUT2D eigenvalue weighted by Gasteiger charge is 2.08. The Balaban J connectivity index is 2.33. The van der Waals surface area contributed by atoms with Gasteiger partial charge in [-0.15, -0.1) is 0 Å². The van der Waals surface area contributed by atoms with Crippen LogP contribution in [0.5, 0.6) is 5.75 Å². The van der Waals surface area contributed by atoms with Gasteiger partial charge < -0.3 is 25.4 Å². The van der Waals surface area contributed by atoms with Gasteiger partial charge in [0.15, 0.2) is 0 Å². The van der Waals surface area contributed by atoms with Crippen molar-refractivity contribution in [3.63, 3.8) is 0 Å². The molecular formula is C15H25N3O3. The third-order valence-electron chi connectivity index (χ3n) is 2.79. The quantitative estimate of drug-likeness (QED) is 0.524. The summed E-state index contributed by atoms with van der Waals surface area (Å²) >= 11 is 0. The minimum absolute atomic E-state index is 0.166. The standard InChI is InChI=1S/C15H25N3O3/c1-4-21-14-6-5-12(11-13(14)16)15(19)17-7-9-20-10-8-18(2)3/h5-6,11H,4,7-10,16H2,1-3H3,(H,17,19). The van der Waals surface area contributed by atoms with Crippen LogP contribution in [0.25, 0.3) is 0 Å². The SMILES string of the molecule is CCOc1ccc(C(=O)NCCOCCN(C)C)cc1N. The van der Waals surface area contributed by atoms with Crippen molar-refractivity contribution in [2.75, 3.05) is 52.7 Å². The molecule has 1 rings (SSSR count). The fraction of sp³-hybridized carbons (Fsp3) is 0.533. The van der Waals surface area contributed by atoms with E-state index in [-0.39, 0.29) is 5.91 Å². The van der Waals surface area contributed by atoms with E-state index >= 15 is 0 Å². The predicted octanol–water partition coefficient (Wildman–Crippen LogP) is 0.976. The molecule has 0 aliphatic heterocycles. The van der Waals surface area contributed by atoms with Gasteiger partial charge >= 0.3 is 0 Å². The van der Waals surface area contributed by atoms with Crippen molar-refractivity contribution in [1.29, 1.82) is 0 Å². The number of hydrogen-bond acceptors (Lipinski definition) is 5. The first-order chi connectivity index (χ1) is 10.0. The summed E-state index contributed by atoms with van der Waals surface area (Å²) in [5.41, 5.74) is 6.82. The van der Waals surface area contributed by atoms with E-state index < -0.39 is 0 Å². The molecule has 1 amide bonds. The van der Waals surface area contributed by atoms with E-state index in [1.54, 1.807) is 18.2 Å². The first-order valence-electron chi connectivity index (χ1n) is 7.07. The van der Waals surface area contributed by atoms with Crippen molar-refractivity contribution < 1.29 is 14.3 Å². The van der Waals surface area contributed by atoms with Gasteiger partial charge in [0, 0.05) is 18.7 Å². The van der Waals surface area contributed by atoms with Crippen LogP contribution in [0.4, 0.5) is 5.69 Å². The van der Waals surface area contributed by atoms with Gasteiger partial charge in [0.2, 0.25) is 0 Å². The fourth-order valence-corrected chi connectivity index (χ4v) is 1.66. The first-order valence-corrected chi connectivity index (χ1v) is 7.07. The Labute approximate surface area is 126 Å². The molecule has 1 aromatic carbocycles. The number of ether oxygens (including phenoxy) is 2. The maximum Gasteiger partial charge on any atom is 0.251 e. The maximum atomic E-state index is 11.9. The maximum absolute atomic E-state index is 11.9. The lowest BCUT2D eigenvalue weighted by Gasteiger charge is -2.11. The lowest BCUT2D eigenvalue weighted by Crippen LogP contribution is -2.28. The van der Waals surface area contributed by atoms with Gasteiger partial charge in [-0.1, -0.05) is 0 Å². The molecule has 0 aliphatic carbocycles. The number of anilines is 1. The van der Waals surface area contributed by atoms with Gasteiger partial charge in [-0.25, -0.2) is 0 Å². The Hall–Kier alpha value is -1.79. The van der Waals surface area contributed by atoms with Crippen LogP contribution in [0, 0.1) is 0 Å². The molecule has 118 valence electrons. The summed E-state index contributed by atoms with van der Waals surface area (Å²) in [7, 11) is 3.98. The second-order valence-electron chi connectivity index (χ2n) is 4.86. The van der Waals surface area contributed by atoms with Crippen LogP contribution in [0.15, 0.2) is 18.2 Å². The molecule has 0 heterocycles. The molecule has 0 saturated heterocycles. The number of nitrogens with two attached hydrogens (primary N) is 1. The monoisotopic (exact) mass is 295 g/mol. The minimum Gasteiger partial charge on any atom is -0.492 e. The zero-order valence-corrected chi connectivity index (χ0v) is 13.0. The average molecular weight is 295 g/mol. The summed E-state index contributed by atoms with van der Waals surface area (Å²) in [4.78, 5) is 14.0. The van der Waals surface area contributed by atoms with E-state index in [0.717, 1.165) is 6.54 Å². The van der Waals surface area contributed by atoms with Crippen molar-refractivity contribution in [3.8, 4) is 5.75 Å². The highest BCUT2D eigenvalue weighted by Crippen LogP contribution is 2.22. The molecule has 0 atom stereocenters. The number of carbonyl (C=O) groups is 1. The second-order valence-corrected chi connectivity index (χ2v) is 4.86. The molecule has 21 heavy (non-hydrogen) atoms. The number of amides is 1. The van der Waals surface area contributed by atoms with Crippen LogP contribution < -0.4 is 15.8 Å². The van der Waals surface area contributed by atoms with Crippen molar-refractivity contribution in [1.82, 2.24) is 10.2 Å². The van der Waals surface area contributed by atoms with Gasteiger partial charge in [-0.05, 0) is 39.2 Å². The molecule has 6 nitrogen and oxygen atoms in total. The van der Waals surface area contributed by atoms with Crippen molar-refractivity contribution in [2.24, 2.45) is 0 Å². The number of carbonyl (C=O) groups excluding carboxylic acids is 1. The topological polar surface area (TPSA) is 76.8 Å². The lowest BCUT2D eigenvalue weighted by molar-refractivity contribution is 0.0900. The third kappa shape index (κ3) is 6.46. The molecule has 0 aliphatic rings. The fourth-order valence-electron chi connectivity index (χ4n) is 1.66. The van der Waals surface area contributed by atoms with Gasteiger partial charge in [0.05, 0.1) is 25.5 Å². The Kier molecular flexibility index (Phi) is 7.56. The molecule has 0 radical (unpaired) electrons. The van der Waals surface area contributed by atoms with Crippen LogP contribution in [0.1, 0.15) is 17.3 Å². The van der Waals surface area contributed by atoms with E-state index in [9.17, 15) is 4.79 Å². The van der Waals surface area contributed by atoms with Crippen molar-refractivity contribution in [2.45, 2.75) is 6.92 Å². The van der Waals surface area contributed by atoms with Gasteiger partial charge in [0.25, 0.3) is 5.91 Å². The van der Waals surface area contributed by atoms with Crippen LogP contribution >= 0.6 is 0 Å². The molecular weight excluding hydrogens is 270 g/mol. The van der Waals surface area contributed by atoms with E-state index in [1.165, 1.54) is 0 Å². The molecule has 0 saturated carbocycles. The van der Waals surface area contributed by atoms with Crippen molar-refractivity contribution >= 4 is 11.6 Å². The number of rotatable bonds is 9. The van der Waals surface area contributed by atoms with E-state index in [1.807, 2.05) is 25.9 Å². The average Bonchev–Trinajstić information content (AvgIpc) is 2.44. The summed E-state index contributed by atoms with van der Waals surface area (Å²) in [6.07, 6.45) is 0. The van der Waals surface area contributed by atoms with E-state index in [2.05, 4.69) is 5.32 Å². The first kappa shape index (κ1) is 17.3. The van der Waals surface area contributed by atoms with Crippen LogP contribution in [0.2, 0.25) is 0 Å². The van der Waals surface area contributed by atoms with Crippen LogP contribution in [-0.2, 0) is 4.74 Å². The number of nitrogens with zero attached hydrogens (tertiary/aromatic N) is 1.